The maximum atomic E-state index is 14.9. The predicted octanol–water partition coefficient (Wildman–Crippen LogP) is 3.00. The summed E-state index contributed by atoms with van der Waals surface area (Å²) in [5, 5.41) is 5.24. The average Bonchev–Trinajstić information content (AvgIpc) is 2.89. The number of piperazine rings is 1. The number of nitrogens with two attached hydrogens (primary N) is 1. The van der Waals surface area contributed by atoms with Gasteiger partial charge in [-0.2, -0.15) is 13.2 Å². The molecule has 1 aliphatic rings. The fraction of sp³-hybridized carbons (Fsp3) is 0.417. The van der Waals surface area contributed by atoms with E-state index in [0.29, 0.717) is 36.9 Å². The van der Waals surface area contributed by atoms with Crippen LogP contribution in [0.5, 0.6) is 0 Å². The molecule has 42 heavy (non-hydrogen) atoms. The minimum Gasteiger partial charge on any atom is -0.368 e. The topological polar surface area (TPSA) is 157 Å². The van der Waals surface area contributed by atoms with Gasteiger partial charge >= 0.3 is 14.0 Å². The zero-order valence-corrected chi connectivity index (χ0v) is 23.5. The molecule has 0 unspecified atom stereocenters. The van der Waals surface area contributed by atoms with Gasteiger partial charge in [0.15, 0.2) is 11.6 Å². The molecule has 2 aromatic carbocycles. The average molecular weight is 644 g/mol. The lowest BCUT2D eigenvalue weighted by atomic mass is 10.1. The summed E-state index contributed by atoms with van der Waals surface area (Å²) in [5.74, 6) is -4.98. The van der Waals surface area contributed by atoms with E-state index < -0.39 is 68.6 Å². The number of benzene rings is 2. The Morgan fingerprint density at radius 2 is 1.76 bits per heavy atom. The normalized spacial score (nSPS) is 15.5. The molecule has 0 bridgehead atoms. The van der Waals surface area contributed by atoms with Crippen molar-refractivity contribution < 1.29 is 50.4 Å². The highest BCUT2D eigenvalue weighted by atomic mass is 35.5. The van der Waals surface area contributed by atoms with Crippen LogP contribution >= 0.6 is 19.4 Å². The van der Waals surface area contributed by atoms with E-state index >= 15 is 0 Å². The van der Waals surface area contributed by atoms with Crippen LogP contribution in [0.15, 0.2) is 30.3 Å². The summed E-state index contributed by atoms with van der Waals surface area (Å²) in [7, 11) is -4.92. The van der Waals surface area contributed by atoms with Gasteiger partial charge in [-0.15, -0.1) is 0 Å². The van der Waals surface area contributed by atoms with E-state index in [0.717, 1.165) is 12.1 Å². The molecule has 0 aliphatic carbocycles. The van der Waals surface area contributed by atoms with Gasteiger partial charge in [0.05, 0.1) is 30.0 Å². The number of phosphoric ester groups is 1. The second-order valence-corrected chi connectivity index (χ2v) is 11.0. The number of carbonyl (C=O) groups excluding carboxylic acids is 2. The van der Waals surface area contributed by atoms with Gasteiger partial charge < -0.3 is 25.7 Å². The third-order valence-corrected chi connectivity index (χ3v) is 7.05. The molecule has 6 N–H and O–H groups in total. The largest absolute Gasteiger partial charge is 0.469 e. The Kier molecular flexibility index (Phi) is 11.3. The third-order valence-electron chi connectivity index (χ3n) is 6.33. The fourth-order valence-corrected chi connectivity index (χ4v) is 4.62. The Morgan fingerprint density at radius 1 is 1.10 bits per heavy atom. The number of nitrogens with one attached hydrogen (secondary N) is 2. The number of hydrogen-bond donors (Lipinski definition) is 5. The summed E-state index contributed by atoms with van der Waals surface area (Å²) in [6.07, 6.45) is -5.20. The van der Waals surface area contributed by atoms with Crippen molar-refractivity contribution in [3.63, 3.8) is 0 Å². The minimum absolute atomic E-state index is 0.142. The van der Waals surface area contributed by atoms with E-state index in [9.17, 15) is 36.1 Å². The summed E-state index contributed by atoms with van der Waals surface area (Å²) in [4.78, 5) is 45.5. The molecule has 0 aromatic heterocycles. The molecule has 0 saturated carbocycles. The second kappa shape index (κ2) is 14.1. The van der Waals surface area contributed by atoms with Crippen molar-refractivity contribution in [1.82, 2.24) is 10.2 Å². The van der Waals surface area contributed by atoms with Crippen LogP contribution in [0.2, 0.25) is 5.02 Å². The van der Waals surface area contributed by atoms with Gasteiger partial charge in [0, 0.05) is 49.9 Å². The van der Waals surface area contributed by atoms with Crippen LogP contribution in [0.4, 0.5) is 33.3 Å². The highest BCUT2D eigenvalue weighted by Gasteiger charge is 2.29. The van der Waals surface area contributed by atoms with E-state index in [-0.39, 0.29) is 17.8 Å². The van der Waals surface area contributed by atoms with Crippen molar-refractivity contribution in [3.05, 3.63) is 58.1 Å². The number of primary amides is 1. The molecule has 3 rings (SSSR count). The zero-order chi connectivity index (χ0) is 31.2. The summed E-state index contributed by atoms with van der Waals surface area (Å²) >= 11 is 6.13. The Hall–Kier alpha value is -2.85. The smallest absolute Gasteiger partial charge is 0.368 e. The summed E-state index contributed by atoms with van der Waals surface area (Å²) < 4.78 is 82.5. The number of anilines is 2. The molecule has 1 heterocycles. The van der Waals surface area contributed by atoms with Gasteiger partial charge in [-0.3, -0.25) is 24.3 Å². The van der Waals surface area contributed by atoms with Crippen LogP contribution in [0, 0.1) is 11.6 Å². The Balaban J connectivity index is 1.69. The Morgan fingerprint density at radius 3 is 2.36 bits per heavy atom. The van der Waals surface area contributed by atoms with Gasteiger partial charge in [0.1, 0.15) is 6.04 Å². The van der Waals surface area contributed by atoms with E-state index in [4.69, 9.17) is 27.1 Å². The van der Waals surface area contributed by atoms with Crippen molar-refractivity contribution in [1.29, 1.82) is 0 Å². The molecule has 1 aliphatic heterocycles. The van der Waals surface area contributed by atoms with Crippen molar-refractivity contribution in [3.8, 4) is 0 Å². The van der Waals surface area contributed by atoms with Crippen molar-refractivity contribution >= 4 is 42.6 Å². The lowest BCUT2D eigenvalue weighted by Crippen LogP contribution is -2.47. The van der Waals surface area contributed by atoms with Crippen molar-refractivity contribution in [2.75, 3.05) is 49.5 Å². The summed E-state index contributed by atoms with van der Waals surface area (Å²) in [6, 6.07) is 5.10. The SMILES string of the molecule is NC(=O)[C@H](COP(=O)(O)O)NCc1ccc(C(=O)Nc2ccc(Cl)cc2N2CCN(CCC(F)(F)F)CC2)c(F)c1F. The molecule has 1 atom stereocenters. The number of alkyl halides is 3. The molecule has 1 fully saturated rings. The van der Waals surface area contributed by atoms with Gasteiger partial charge in [-0.1, -0.05) is 17.7 Å². The quantitative estimate of drug-likeness (QED) is 0.173. The van der Waals surface area contributed by atoms with Crippen LogP contribution in [-0.4, -0.2) is 78.0 Å². The molecule has 0 spiro atoms. The molecule has 2 aromatic rings. The first-order valence-corrected chi connectivity index (χ1v) is 14.3. The second-order valence-electron chi connectivity index (χ2n) is 9.33. The number of nitrogens with zero attached hydrogens (tertiary/aromatic N) is 2. The van der Waals surface area contributed by atoms with Crippen LogP contribution in [0.25, 0.3) is 0 Å². The van der Waals surface area contributed by atoms with Crippen molar-refractivity contribution in [2.24, 2.45) is 5.73 Å². The van der Waals surface area contributed by atoms with Crippen LogP contribution in [0.1, 0.15) is 22.3 Å². The van der Waals surface area contributed by atoms with E-state index in [1.54, 1.807) is 11.0 Å². The Labute approximate surface area is 242 Å². The highest BCUT2D eigenvalue weighted by molar-refractivity contribution is 7.46. The number of amides is 2. The molecule has 1 saturated heterocycles. The zero-order valence-electron chi connectivity index (χ0n) is 21.8. The molecular formula is C24H28ClF5N5O6P. The molecule has 0 radical (unpaired) electrons. The standard InChI is InChI=1S/C24H28ClF5N5O6P/c25-15-2-4-17(19(11-15)35-9-7-34(8-10-35)6-5-24(28,29)30)33-23(37)16-3-1-14(20(26)21(16)27)12-32-18(22(31)36)13-41-42(38,39)40/h1-4,11,18,32H,5-10,12-13H2,(H2,31,36)(H,33,37)(H2,38,39,40)/t18-/m0/s1. The van der Waals surface area contributed by atoms with Crippen LogP contribution in [-0.2, 0) is 20.4 Å². The molecule has 2 amide bonds. The molecule has 18 heteroatoms. The summed E-state index contributed by atoms with van der Waals surface area (Å²) in [6.45, 7) is -0.165. The molecule has 11 nitrogen and oxygen atoms in total. The number of hydrogen-bond acceptors (Lipinski definition) is 7. The predicted molar refractivity (Wildman–Crippen MR) is 143 cm³/mol. The first-order valence-electron chi connectivity index (χ1n) is 12.4. The fourth-order valence-electron chi connectivity index (χ4n) is 4.11. The third kappa shape index (κ3) is 9.87. The monoisotopic (exact) mass is 643 g/mol. The van der Waals surface area contributed by atoms with E-state index in [2.05, 4.69) is 15.2 Å². The molecule has 232 valence electrons. The number of rotatable bonds is 12. The summed E-state index contributed by atoms with van der Waals surface area (Å²) in [5.41, 5.74) is 4.83. The van der Waals surface area contributed by atoms with Crippen molar-refractivity contribution in [2.45, 2.75) is 25.2 Å². The Bertz CT molecular complexity index is 1340. The van der Waals surface area contributed by atoms with Crippen LogP contribution < -0.4 is 21.3 Å². The number of halogens is 6. The lowest BCUT2D eigenvalue weighted by molar-refractivity contribution is -0.138. The maximum Gasteiger partial charge on any atom is 0.469 e. The van der Waals surface area contributed by atoms with Gasteiger partial charge in [-0.25, -0.2) is 13.3 Å². The highest BCUT2D eigenvalue weighted by Crippen LogP contribution is 2.35. The van der Waals surface area contributed by atoms with Gasteiger partial charge in [-0.05, 0) is 24.3 Å². The van der Waals surface area contributed by atoms with E-state index in [1.807, 2.05) is 4.90 Å². The lowest BCUT2D eigenvalue weighted by Gasteiger charge is -2.37. The van der Waals surface area contributed by atoms with Gasteiger partial charge in [0.25, 0.3) is 5.91 Å². The number of carbonyl (C=O) groups is 2. The first-order chi connectivity index (χ1) is 19.5. The molecular weight excluding hydrogens is 616 g/mol. The first kappa shape index (κ1) is 33.6. The maximum absolute atomic E-state index is 14.9. The number of phosphoric acid groups is 1. The van der Waals surface area contributed by atoms with Crippen LogP contribution in [0.3, 0.4) is 0 Å². The van der Waals surface area contributed by atoms with E-state index in [1.165, 1.54) is 12.1 Å². The van der Waals surface area contributed by atoms with Gasteiger partial charge in [0.2, 0.25) is 5.91 Å². The minimum atomic E-state index is -4.92.